The summed E-state index contributed by atoms with van der Waals surface area (Å²) >= 11 is 0. The average Bonchev–Trinajstić information content (AvgIpc) is 2.48. The predicted molar refractivity (Wildman–Crippen MR) is 88.9 cm³/mol. The molecule has 1 aliphatic heterocycles. The van der Waals surface area contributed by atoms with Gasteiger partial charge in [0, 0.05) is 24.3 Å². The van der Waals surface area contributed by atoms with Crippen molar-refractivity contribution in [1.29, 1.82) is 0 Å². The Labute approximate surface area is 128 Å². The maximum atomic E-state index is 6.06. The lowest BCUT2D eigenvalue weighted by Gasteiger charge is -2.45. The monoisotopic (exact) mass is 288 g/mol. The van der Waals surface area contributed by atoms with Crippen LogP contribution >= 0.6 is 0 Å². The van der Waals surface area contributed by atoms with Crippen LogP contribution in [-0.2, 0) is 0 Å². The van der Waals surface area contributed by atoms with Crippen LogP contribution in [0.4, 0.5) is 11.4 Å². The molecule has 2 N–H and O–H groups in total. The minimum absolute atomic E-state index is 0.159. The van der Waals surface area contributed by atoms with Gasteiger partial charge in [-0.05, 0) is 57.6 Å². The molecule has 3 rings (SSSR count). The predicted octanol–water partition coefficient (Wildman–Crippen LogP) is 4.22. The Balaban J connectivity index is 1.84. The average molecular weight is 288 g/mol. The van der Waals surface area contributed by atoms with Gasteiger partial charge in [-0.1, -0.05) is 12.8 Å². The molecule has 0 amide bonds. The van der Waals surface area contributed by atoms with Gasteiger partial charge in [-0.2, -0.15) is 0 Å². The Morgan fingerprint density at radius 2 is 1.90 bits per heavy atom. The number of benzene rings is 1. The summed E-state index contributed by atoms with van der Waals surface area (Å²) in [6, 6.07) is 7.04. The molecule has 1 heterocycles. The van der Waals surface area contributed by atoms with Crippen molar-refractivity contribution in [2.45, 2.75) is 64.5 Å². The zero-order chi connectivity index (χ0) is 14.8. The Kier molecular flexibility index (Phi) is 4.27. The smallest absolute Gasteiger partial charge is 0.144 e. The van der Waals surface area contributed by atoms with Crippen molar-refractivity contribution in [3.05, 3.63) is 18.2 Å². The zero-order valence-corrected chi connectivity index (χ0v) is 13.3. The topological polar surface area (TPSA) is 38.5 Å². The molecule has 0 radical (unpaired) electrons. The van der Waals surface area contributed by atoms with E-state index in [1.807, 2.05) is 19.9 Å². The number of nitrogen functional groups attached to an aromatic ring is 1. The largest absolute Gasteiger partial charge is 0.489 e. The van der Waals surface area contributed by atoms with E-state index in [1.165, 1.54) is 50.8 Å². The minimum atomic E-state index is 0.159. The molecule has 116 valence electrons. The Bertz CT molecular complexity index is 484. The van der Waals surface area contributed by atoms with Gasteiger partial charge in [-0.3, -0.25) is 0 Å². The van der Waals surface area contributed by atoms with E-state index < -0.39 is 0 Å². The van der Waals surface area contributed by atoms with Crippen molar-refractivity contribution < 1.29 is 4.74 Å². The lowest BCUT2D eigenvalue weighted by Crippen LogP contribution is -2.46. The molecule has 1 saturated carbocycles. The molecule has 0 bridgehead atoms. The molecular weight excluding hydrogens is 260 g/mol. The van der Waals surface area contributed by atoms with Gasteiger partial charge in [0.2, 0.25) is 0 Å². The number of fused-ring (bicyclic) bond motifs is 1. The van der Waals surface area contributed by atoms with Crippen molar-refractivity contribution in [2.75, 3.05) is 17.2 Å². The fourth-order valence-corrected chi connectivity index (χ4v) is 4.00. The van der Waals surface area contributed by atoms with Crippen LogP contribution < -0.4 is 15.4 Å². The number of hydrogen-bond acceptors (Lipinski definition) is 3. The summed E-state index contributed by atoms with van der Waals surface area (Å²) in [6.45, 7) is 5.26. The Hall–Kier alpha value is -1.38. The summed E-state index contributed by atoms with van der Waals surface area (Å²) in [5.74, 6) is 1.72. The second kappa shape index (κ2) is 6.17. The van der Waals surface area contributed by atoms with Crippen LogP contribution in [0.5, 0.6) is 5.75 Å². The standard InChI is InChI=1S/C18H28N2O/c1-13(2)21-18-12-15(9-10-16(18)19)20-11-5-7-14-6-3-4-8-17(14)20/h9-10,12-14,17H,3-8,11,19H2,1-2H3/t14-,17-/m1/s1. The number of rotatable bonds is 3. The summed E-state index contributed by atoms with van der Waals surface area (Å²) in [7, 11) is 0. The van der Waals surface area contributed by atoms with E-state index in [-0.39, 0.29) is 6.10 Å². The first-order valence-electron chi connectivity index (χ1n) is 8.48. The highest BCUT2D eigenvalue weighted by atomic mass is 16.5. The molecule has 3 nitrogen and oxygen atoms in total. The number of piperidine rings is 1. The summed E-state index contributed by atoms with van der Waals surface area (Å²) in [5.41, 5.74) is 8.08. The molecule has 0 spiro atoms. The van der Waals surface area contributed by atoms with Crippen LogP contribution in [0.2, 0.25) is 0 Å². The first kappa shape index (κ1) is 14.6. The van der Waals surface area contributed by atoms with E-state index in [1.54, 1.807) is 0 Å². The van der Waals surface area contributed by atoms with Crippen LogP contribution in [0.3, 0.4) is 0 Å². The third kappa shape index (κ3) is 3.12. The molecule has 3 heteroatoms. The quantitative estimate of drug-likeness (QED) is 0.847. The molecule has 1 aromatic carbocycles. The molecule has 1 aromatic rings. The minimum Gasteiger partial charge on any atom is -0.489 e. The second-order valence-electron chi connectivity index (χ2n) is 6.84. The number of nitrogens with two attached hydrogens (primary N) is 1. The number of hydrogen-bond donors (Lipinski definition) is 1. The van der Waals surface area contributed by atoms with Gasteiger partial charge in [-0.25, -0.2) is 0 Å². The summed E-state index contributed by atoms with van der Waals surface area (Å²) in [5, 5.41) is 0. The molecular formula is C18H28N2O. The third-order valence-electron chi connectivity index (χ3n) is 4.93. The molecule has 0 aromatic heterocycles. The number of nitrogens with zero attached hydrogens (tertiary/aromatic N) is 1. The van der Waals surface area contributed by atoms with Gasteiger partial charge in [-0.15, -0.1) is 0 Å². The summed E-state index contributed by atoms with van der Waals surface area (Å²) in [4.78, 5) is 2.61. The van der Waals surface area contributed by atoms with E-state index in [0.717, 1.165) is 23.4 Å². The Morgan fingerprint density at radius 1 is 1.14 bits per heavy atom. The van der Waals surface area contributed by atoms with Gasteiger partial charge in [0.1, 0.15) is 5.75 Å². The highest BCUT2D eigenvalue weighted by molar-refractivity contribution is 5.63. The molecule has 1 aliphatic carbocycles. The van der Waals surface area contributed by atoms with Crippen LogP contribution in [0, 0.1) is 5.92 Å². The van der Waals surface area contributed by atoms with E-state index in [2.05, 4.69) is 17.0 Å². The van der Waals surface area contributed by atoms with Gasteiger partial charge >= 0.3 is 0 Å². The van der Waals surface area contributed by atoms with Crippen molar-refractivity contribution in [1.82, 2.24) is 0 Å². The van der Waals surface area contributed by atoms with Crippen LogP contribution in [0.25, 0.3) is 0 Å². The molecule has 2 aliphatic rings. The Morgan fingerprint density at radius 3 is 2.71 bits per heavy atom. The van der Waals surface area contributed by atoms with Crippen LogP contribution in [0.1, 0.15) is 52.4 Å². The second-order valence-corrected chi connectivity index (χ2v) is 6.84. The lowest BCUT2D eigenvalue weighted by molar-refractivity contribution is 0.239. The highest BCUT2D eigenvalue weighted by Gasteiger charge is 2.33. The summed E-state index contributed by atoms with van der Waals surface area (Å²) in [6.07, 6.45) is 8.42. The van der Waals surface area contributed by atoms with Gasteiger partial charge in [0.05, 0.1) is 11.8 Å². The first-order chi connectivity index (χ1) is 10.1. The normalized spacial score (nSPS) is 25.8. The SMILES string of the molecule is CC(C)Oc1cc(N2CCC[C@H]3CCCC[C@H]32)ccc1N. The van der Waals surface area contributed by atoms with Crippen LogP contribution in [-0.4, -0.2) is 18.7 Å². The van der Waals surface area contributed by atoms with Crippen molar-refractivity contribution >= 4 is 11.4 Å². The summed E-state index contributed by atoms with van der Waals surface area (Å²) < 4.78 is 5.86. The molecule has 1 saturated heterocycles. The fourth-order valence-electron chi connectivity index (χ4n) is 4.00. The first-order valence-corrected chi connectivity index (χ1v) is 8.48. The van der Waals surface area contributed by atoms with E-state index in [4.69, 9.17) is 10.5 Å². The number of ether oxygens (including phenoxy) is 1. The van der Waals surface area contributed by atoms with Gasteiger partial charge < -0.3 is 15.4 Å². The third-order valence-corrected chi connectivity index (χ3v) is 4.93. The maximum Gasteiger partial charge on any atom is 0.144 e. The van der Waals surface area contributed by atoms with Crippen molar-refractivity contribution in [3.63, 3.8) is 0 Å². The van der Waals surface area contributed by atoms with E-state index in [9.17, 15) is 0 Å². The zero-order valence-electron chi connectivity index (χ0n) is 13.3. The van der Waals surface area contributed by atoms with Crippen LogP contribution in [0.15, 0.2) is 18.2 Å². The molecule has 21 heavy (non-hydrogen) atoms. The molecule has 2 fully saturated rings. The van der Waals surface area contributed by atoms with E-state index >= 15 is 0 Å². The van der Waals surface area contributed by atoms with Crippen molar-refractivity contribution in [3.8, 4) is 5.75 Å². The highest BCUT2D eigenvalue weighted by Crippen LogP contribution is 2.39. The molecule has 0 unspecified atom stereocenters. The molecule has 2 atom stereocenters. The van der Waals surface area contributed by atoms with Gasteiger partial charge in [0.15, 0.2) is 0 Å². The maximum absolute atomic E-state index is 6.06. The number of anilines is 2. The van der Waals surface area contributed by atoms with Crippen molar-refractivity contribution in [2.24, 2.45) is 5.92 Å². The van der Waals surface area contributed by atoms with E-state index in [0.29, 0.717) is 0 Å². The van der Waals surface area contributed by atoms with Gasteiger partial charge in [0.25, 0.3) is 0 Å². The fraction of sp³-hybridized carbons (Fsp3) is 0.667. The lowest BCUT2D eigenvalue weighted by atomic mass is 9.78.